The summed E-state index contributed by atoms with van der Waals surface area (Å²) in [5, 5.41) is 12.8. The Balaban J connectivity index is 1.83. The molecule has 4 nitrogen and oxygen atoms in total. The number of nitrogens with one attached hydrogen (secondary N) is 1. The molecule has 0 fully saturated rings. The van der Waals surface area contributed by atoms with Crippen LogP contribution in [0.25, 0.3) is 10.9 Å². The summed E-state index contributed by atoms with van der Waals surface area (Å²) < 4.78 is 2.05. The van der Waals surface area contributed by atoms with Crippen LogP contribution in [0.3, 0.4) is 0 Å². The van der Waals surface area contributed by atoms with E-state index < -0.39 is 0 Å². The number of nitrogens with zero attached hydrogens (tertiary/aromatic N) is 1. The van der Waals surface area contributed by atoms with Gasteiger partial charge in [-0.15, -0.1) is 0 Å². The normalized spacial score (nSPS) is 11.0. The summed E-state index contributed by atoms with van der Waals surface area (Å²) >= 11 is 0. The minimum atomic E-state index is 0.0570. The van der Waals surface area contributed by atoms with Gasteiger partial charge >= 0.3 is 0 Å². The molecule has 4 heteroatoms. The van der Waals surface area contributed by atoms with Gasteiger partial charge in [-0.3, -0.25) is 4.79 Å². The summed E-state index contributed by atoms with van der Waals surface area (Å²) in [6.45, 7) is 3.37. The number of aryl methyl sites for hydroxylation is 1. The fourth-order valence-corrected chi connectivity index (χ4v) is 2.58. The molecule has 2 N–H and O–H groups in total. The van der Waals surface area contributed by atoms with Crippen LogP contribution in [0.15, 0.2) is 30.3 Å². The first-order chi connectivity index (χ1) is 10.2. The molecule has 0 aliphatic rings. The van der Waals surface area contributed by atoms with Gasteiger partial charge in [0.25, 0.3) is 0 Å². The number of carbonyl (C=O) groups excluding carboxylic acids is 1. The van der Waals surface area contributed by atoms with Crippen molar-refractivity contribution >= 4 is 16.8 Å². The number of benzene rings is 1. The van der Waals surface area contributed by atoms with Crippen molar-refractivity contribution in [3.8, 4) is 0 Å². The quantitative estimate of drug-likeness (QED) is 0.734. The average Bonchev–Trinajstić information content (AvgIpc) is 2.79. The van der Waals surface area contributed by atoms with Crippen LogP contribution in [-0.2, 0) is 11.3 Å². The zero-order valence-corrected chi connectivity index (χ0v) is 12.6. The van der Waals surface area contributed by atoms with Gasteiger partial charge in [-0.05, 0) is 37.3 Å². The van der Waals surface area contributed by atoms with Crippen LogP contribution < -0.4 is 5.32 Å². The molecule has 0 unspecified atom stereocenters. The van der Waals surface area contributed by atoms with Gasteiger partial charge in [0.15, 0.2) is 0 Å². The first-order valence-corrected chi connectivity index (χ1v) is 7.65. The molecule has 114 valence electrons. The summed E-state index contributed by atoms with van der Waals surface area (Å²) in [4.78, 5) is 12.0. The minimum absolute atomic E-state index is 0.0570. The molecule has 21 heavy (non-hydrogen) atoms. The number of carbonyl (C=O) groups is 1. The molecule has 0 aliphatic carbocycles. The van der Waals surface area contributed by atoms with E-state index in [0.717, 1.165) is 36.9 Å². The monoisotopic (exact) mass is 288 g/mol. The fraction of sp³-hybridized carbons (Fsp3) is 0.471. The molecule has 1 amide bonds. The lowest BCUT2D eigenvalue weighted by molar-refractivity contribution is -0.121. The molecule has 0 radical (unpaired) electrons. The zero-order chi connectivity index (χ0) is 15.1. The van der Waals surface area contributed by atoms with Crippen LogP contribution in [0.1, 0.15) is 31.4 Å². The molecule has 1 heterocycles. The maximum atomic E-state index is 12.0. The summed E-state index contributed by atoms with van der Waals surface area (Å²) in [6, 6.07) is 10.2. The largest absolute Gasteiger partial charge is 0.396 e. The molecule has 1 aromatic heterocycles. The van der Waals surface area contributed by atoms with Crippen molar-refractivity contribution < 1.29 is 9.90 Å². The van der Waals surface area contributed by atoms with Gasteiger partial charge in [0.2, 0.25) is 5.91 Å². The Hall–Kier alpha value is -1.81. The van der Waals surface area contributed by atoms with E-state index in [1.54, 1.807) is 0 Å². The molecule has 0 atom stereocenters. The van der Waals surface area contributed by atoms with E-state index in [-0.39, 0.29) is 12.5 Å². The molecule has 0 spiro atoms. The number of amides is 1. The second-order valence-electron chi connectivity index (χ2n) is 5.42. The van der Waals surface area contributed by atoms with Gasteiger partial charge in [-0.2, -0.15) is 0 Å². The summed E-state index contributed by atoms with van der Waals surface area (Å²) in [5.41, 5.74) is 2.21. The van der Waals surface area contributed by atoms with Crippen molar-refractivity contribution in [3.05, 3.63) is 36.0 Å². The third-order valence-electron chi connectivity index (χ3n) is 3.73. The van der Waals surface area contributed by atoms with E-state index in [2.05, 4.69) is 22.0 Å². The third kappa shape index (κ3) is 4.33. The number of unbranched alkanes of at least 4 members (excludes halogenated alkanes) is 3. The average molecular weight is 288 g/mol. The summed E-state index contributed by atoms with van der Waals surface area (Å²) in [7, 11) is 0. The molecule has 2 rings (SSSR count). The van der Waals surface area contributed by atoms with E-state index in [4.69, 9.17) is 5.11 Å². The number of aliphatic hydroxyl groups excluding tert-OH is 1. The van der Waals surface area contributed by atoms with E-state index in [0.29, 0.717) is 13.1 Å². The highest BCUT2D eigenvalue weighted by atomic mass is 16.2. The SMILES string of the molecule is Cc1cc2ccccc2n1CC(=O)NCCCCCCO. The number of hydrogen-bond acceptors (Lipinski definition) is 2. The highest BCUT2D eigenvalue weighted by molar-refractivity contribution is 5.84. The molecule has 0 bridgehead atoms. The zero-order valence-electron chi connectivity index (χ0n) is 12.6. The van der Waals surface area contributed by atoms with Crippen LogP contribution >= 0.6 is 0 Å². The van der Waals surface area contributed by atoms with Crippen molar-refractivity contribution in [1.29, 1.82) is 0 Å². The van der Waals surface area contributed by atoms with Gasteiger partial charge in [0.1, 0.15) is 6.54 Å². The van der Waals surface area contributed by atoms with Crippen LogP contribution in [0.2, 0.25) is 0 Å². The van der Waals surface area contributed by atoms with Crippen LogP contribution in [0.4, 0.5) is 0 Å². The van der Waals surface area contributed by atoms with Gasteiger partial charge in [-0.25, -0.2) is 0 Å². The lowest BCUT2D eigenvalue weighted by Crippen LogP contribution is -2.28. The van der Waals surface area contributed by atoms with E-state index in [9.17, 15) is 4.79 Å². The lowest BCUT2D eigenvalue weighted by Gasteiger charge is -2.09. The highest BCUT2D eigenvalue weighted by Gasteiger charge is 2.08. The van der Waals surface area contributed by atoms with E-state index >= 15 is 0 Å². The molecule has 0 aliphatic heterocycles. The number of hydrogen-bond donors (Lipinski definition) is 2. The Morgan fingerprint density at radius 3 is 2.76 bits per heavy atom. The predicted molar refractivity (Wildman–Crippen MR) is 85.2 cm³/mol. The van der Waals surface area contributed by atoms with Gasteiger partial charge in [-0.1, -0.05) is 31.0 Å². The Labute approximate surface area is 125 Å². The predicted octanol–water partition coefficient (Wildman–Crippen LogP) is 2.62. The Morgan fingerprint density at radius 2 is 1.95 bits per heavy atom. The maximum absolute atomic E-state index is 12.0. The topological polar surface area (TPSA) is 54.3 Å². The summed E-state index contributed by atoms with van der Waals surface area (Å²) in [5.74, 6) is 0.0570. The van der Waals surface area contributed by atoms with Crippen molar-refractivity contribution in [2.75, 3.05) is 13.2 Å². The number of aliphatic hydroxyl groups is 1. The van der Waals surface area contributed by atoms with Crippen LogP contribution in [0, 0.1) is 6.92 Å². The minimum Gasteiger partial charge on any atom is -0.396 e. The molecule has 0 saturated carbocycles. The molecule has 0 saturated heterocycles. The Bertz CT molecular complexity index is 589. The Morgan fingerprint density at radius 1 is 1.19 bits per heavy atom. The standard InChI is InChI=1S/C17H24N2O2/c1-14-12-15-8-4-5-9-16(15)19(14)13-17(21)18-10-6-2-3-7-11-20/h4-5,8-9,12,20H,2-3,6-7,10-11,13H2,1H3,(H,18,21). The molecular formula is C17H24N2O2. The first kappa shape index (κ1) is 15.6. The van der Waals surface area contributed by atoms with Crippen LogP contribution in [0.5, 0.6) is 0 Å². The second kappa shape index (κ2) is 7.84. The second-order valence-corrected chi connectivity index (χ2v) is 5.42. The number of rotatable bonds is 8. The van der Waals surface area contributed by atoms with E-state index in [1.807, 2.05) is 25.1 Å². The maximum Gasteiger partial charge on any atom is 0.239 e. The lowest BCUT2D eigenvalue weighted by atomic mass is 10.2. The third-order valence-corrected chi connectivity index (χ3v) is 3.73. The van der Waals surface area contributed by atoms with Crippen molar-refractivity contribution in [2.45, 2.75) is 39.2 Å². The number of aromatic nitrogens is 1. The summed E-state index contributed by atoms with van der Waals surface area (Å²) in [6.07, 6.45) is 3.89. The van der Waals surface area contributed by atoms with Crippen molar-refractivity contribution in [2.24, 2.45) is 0 Å². The van der Waals surface area contributed by atoms with E-state index in [1.165, 1.54) is 5.39 Å². The van der Waals surface area contributed by atoms with Crippen LogP contribution in [-0.4, -0.2) is 28.7 Å². The smallest absolute Gasteiger partial charge is 0.239 e. The molecule has 1 aromatic carbocycles. The molecular weight excluding hydrogens is 264 g/mol. The first-order valence-electron chi connectivity index (χ1n) is 7.65. The Kier molecular flexibility index (Phi) is 5.81. The highest BCUT2D eigenvalue weighted by Crippen LogP contribution is 2.18. The van der Waals surface area contributed by atoms with Crippen molar-refractivity contribution in [1.82, 2.24) is 9.88 Å². The van der Waals surface area contributed by atoms with Gasteiger partial charge < -0.3 is 15.0 Å². The number of fused-ring (bicyclic) bond motifs is 1. The van der Waals surface area contributed by atoms with Gasteiger partial charge in [0.05, 0.1) is 0 Å². The van der Waals surface area contributed by atoms with Crippen molar-refractivity contribution in [3.63, 3.8) is 0 Å². The van der Waals surface area contributed by atoms with Gasteiger partial charge in [0, 0.05) is 24.4 Å². The molecule has 2 aromatic rings. The number of para-hydroxylation sites is 1. The fourth-order valence-electron chi connectivity index (χ4n) is 2.58.